The average molecular weight is 480 g/mol. The Morgan fingerprint density at radius 2 is 1.74 bits per heavy atom. The van der Waals surface area contributed by atoms with Crippen LogP contribution in [-0.4, -0.2) is 31.1 Å². The van der Waals surface area contributed by atoms with E-state index in [0.29, 0.717) is 21.8 Å². The van der Waals surface area contributed by atoms with Crippen molar-refractivity contribution in [2.24, 2.45) is 5.10 Å². The number of carbonyl (C=O) groups excluding carboxylic acids is 3. The fourth-order valence-electron chi connectivity index (χ4n) is 2.89. The van der Waals surface area contributed by atoms with Gasteiger partial charge >= 0.3 is 17.8 Å². The number of hydrogen-bond donors (Lipinski definition) is 2. The summed E-state index contributed by atoms with van der Waals surface area (Å²) in [7, 11) is 1.42. The topological polar surface area (TPSA) is 106 Å². The number of carbonyl (C=O) groups is 3. The van der Waals surface area contributed by atoms with Crippen molar-refractivity contribution in [3.63, 3.8) is 0 Å². The summed E-state index contributed by atoms with van der Waals surface area (Å²) in [6, 6.07) is 16.6. The van der Waals surface area contributed by atoms with Gasteiger partial charge in [0.1, 0.15) is 0 Å². The van der Waals surface area contributed by atoms with E-state index in [4.69, 9.17) is 21.1 Å². The summed E-state index contributed by atoms with van der Waals surface area (Å²) < 4.78 is 10.7. The van der Waals surface area contributed by atoms with Crippen molar-refractivity contribution >= 4 is 41.3 Å². The maximum atomic E-state index is 12.4. The molecule has 34 heavy (non-hydrogen) atoms. The molecule has 0 atom stereocenters. The second kappa shape index (κ2) is 11.1. The van der Waals surface area contributed by atoms with Crippen molar-refractivity contribution in [3.05, 3.63) is 87.9 Å². The number of rotatable bonds is 6. The third-order valence-corrected chi connectivity index (χ3v) is 4.91. The maximum absolute atomic E-state index is 12.4. The van der Waals surface area contributed by atoms with Gasteiger partial charge in [0.2, 0.25) is 0 Å². The third-order valence-electron chi connectivity index (χ3n) is 4.68. The Morgan fingerprint density at radius 1 is 0.941 bits per heavy atom. The number of ether oxygens (including phenoxy) is 2. The molecule has 0 bridgehead atoms. The standard InChI is InChI=1S/C25H22ClN3O5/c1-15-7-8-16(2)20(11-15)28-23(30)24(31)29-27-14-17-9-10-21(22(12-17)33-3)34-25(32)18-5-4-6-19(26)13-18/h4-14H,1-3H3,(H,28,30)(H,29,31). The van der Waals surface area contributed by atoms with Crippen molar-refractivity contribution in [1.29, 1.82) is 0 Å². The summed E-state index contributed by atoms with van der Waals surface area (Å²) in [4.78, 5) is 36.5. The summed E-state index contributed by atoms with van der Waals surface area (Å²) in [6.45, 7) is 3.71. The predicted molar refractivity (Wildman–Crippen MR) is 130 cm³/mol. The van der Waals surface area contributed by atoms with E-state index in [1.54, 1.807) is 36.4 Å². The number of benzene rings is 3. The minimum atomic E-state index is -0.920. The lowest BCUT2D eigenvalue weighted by Gasteiger charge is -2.10. The van der Waals surface area contributed by atoms with E-state index in [9.17, 15) is 14.4 Å². The molecule has 3 aromatic rings. The molecule has 0 spiro atoms. The number of aryl methyl sites for hydroxylation is 2. The van der Waals surface area contributed by atoms with Crippen LogP contribution in [0, 0.1) is 13.8 Å². The van der Waals surface area contributed by atoms with Crippen LogP contribution in [0.4, 0.5) is 5.69 Å². The summed E-state index contributed by atoms with van der Waals surface area (Å²) in [5.74, 6) is -1.88. The van der Waals surface area contributed by atoms with E-state index in [1.165, 1.54) is 25.5 Å². The number of nitrogens with one attached hydrogen (secondary N) is 2. The molecule has 0 fully saturated rings. The summed E-state index contributed by atoms with van der Waals surface area (Å²) in [5.41, 5.74) is 5.34. The van der Waals surface area contributed by atoms with Gasteiger partial charge in [-0.25, -0.2) is 10.2 Å². The Kier molecular flexibility index (Phi) is 8.00. The SMILES string of the molecule is COc1cc(C=NNC(=O)C(=O)Nc2cc(C)ccc2C)ccc1OC(=O)c1cccc(Cl)c1. The van der Waals surface area contributed by atoms with Gasteiger partial charge in [-0.3, -0.25) is 9.59 Å². The predicted octanol–water partition coefficient (Wildman–Crippen LogP) is 4.27. The molecule has 0 aliphatic rings. The number of methoxy groups -OCH3 is 1. The van der Waals surface area contributed by atoms with Gasteiger partial charge in [-0.1, -0.05) is 29.8 Å². The lowest BCUT2D eigenvalue weighted by molar-refractivity contribution is -0.136. The first-order valence-electron chi connectivity index (χ1n) is 10.1. The molecule has 3 rings (SSSR count). The van der Waals surface area contributed by atoms with Crippen LogP contribution in [0.3, 0.4) is 0 Å². The lowest BCUT2D eigenvalue weighted by Crippen LogP contribution is -2.32. The second-order valence-electron chi connectivity index (χ2n) is 7.28. The molecule has 0 aliphatic heterocycles. The number of anilines is 1. The van der Waals surface area contributed by atoms with Crippen molar-refractivity contribution in [1.82, 2.24) is 5.43 Å². The minimum Gasteiger partial charge on any atom is -0.493 e. The monoisotopic (exact) mass is 479 g/mol. The number of amides is 2. The molecule has 0 saturated heterocycles. The fraction of sp³-hybridized carbons (Fsp3) is 0.120. The van der Waals surface area contributed by atoms with Gasteiger partial charge in [0, 0.05) is 10.7 Å². The van der Waals surface area contributed by atoms with Crippen molar-refractivity contribution in [3.8, 4) is 11.5 Å². The van der Waals surface area contributed by atoms with Crippen LogP contribution in [0.2, 0.25) is 5.02 Å². The first-order chi connectivity index (χ1) is 16.3. The van der Waals surface area contributed by atoms with Crippen LogP contribution in [-0.2, 0) is 9.59 Å². The third kappa shape index (κ3) is 6.43. The first kappa shape index (κ1) is 24.5. The molecule has 9 heteroatoms. The number of nitrogens with zero attached hydrogens (tertiary/aromatic N) is 1. The van der Waals surface area contributed by atoms with E-state index in [2.05, 4.69) is 15.8 Å². The lowest BCUT2D eigenvalue weighted by atomic mass is 10.1. The maximum Gasteiger partial charge on any atom is 0.343 e. The number of hydrogen-bond acceptors (Lipinski definition) is 6. The zero-order chi connectivity index (χ0) is 24.7. The summed E-state index contributed by atoms with van der Waals surface area (Å²) in [5, 5.41) is 6.78. The normalized spacial score (nSPS) is 10.6. The number of hydrazone groups is 1. The highest BCUT2D eigenvalue weighted by atomic mass is 35.5. The van der Waals surface area contributed by atoms with Gasteiger partial charge in [-0.2, -0.15) is 5.10 Å². The Hall–Kier alpha value is -4.17. The van der Waals surface area contributed by atoms with E-state index >= 15 is 0 Å². The van der Waals surface area contributed by atoms with Crippen LogP contribution in [0.1, 0.15) is 27.0 Å². The molecule has 0 saturated carbocycles. The van der Waals surface area contributed by atoms with E-state index in [1.807, 2.05) is 26.0 Å². The van der Waals surface area contributed by atoms with Crippen LogP contribution < -0.4 is 20.2 Å². The second-order valence-corrected chi connectivity index (χ2v) is 7.72. The largest absolute Gasteiger partial charge is 0.493 e. The van der Waals surface area contributed by atoms with Crippen LogP contribution >= 0.6 is 11.6 Å². The number of esters is 1. The molecule has 174 valence electrons. The van der Waals surface area contributed by atoms with Gasteiger partial charge in [0.25, 0.3) is 0 Å². The van der Waals surface area contributed by atoms with Crippen molar-refractivity contribution < 1.29 is 23.9 Å². The van der Waals surface area contributed by atoms with Crippen molar-refractivity contribution in [2.45, 2.75) is 13.8 Å². The Morgan fingerprint density at radius 3 is 2.47 bits per heavy atom. The van der Waals surface area contributed by atoms with Gasteiger partial charge in [0.15, 0.2) is 11.5 Å². The molecule has 0 heterocycles. The molecular formula is C25H22ClN3O5. The quantitative estimate of drug-likeness (QED) is 0.180. The molecule has 2 N–H and O–H groups in total. The summed E-state index contributed by atoms with van der Waals surface area (Å²) >= 11 is 5.91. The molecule has 0 aliphatic carbocycles. The smallest absolute Gasteiger partial charge is 0.343 e. The minimum absolute atomic E-state index is 0.196. The summed E-state index contributed by atoms with van der Waals surface area (Å²) in [6.07, 6.45) is 1.33. The average Bonchev–Trinajstić information content (AvgIpc) is 2.82. The highest BCUT2D eigenvalue weighted by Gasteiger charge is 2.15. The van der Waals surface area contributed by atoms with Crippen LogP contribution in [0.25, 0.3) is 0 Å². The Bertz CT molecular complexity index is 1270. The highest BCUT2D eigenvalue weighted by Crippen LogP contribution is 2.28. The first-order valence-corrected chi connectivity index (χ1v) is 10.5. The van der Waals surface area contributed by atoms with Gasteiger partial charge in [-0.15, -0.1) is 0 Å². The highest BCUT2D eigenvalue weighted by molar-refractivity contribution is 6.39. The molecule has 0 aromatic heterocycles. The zero-order valence-corrected chi connectivity index (χ0v) is 19.5. The molecule has 0 radical (unpaired) electrons. The van der Waals surface area contributed by atoms with E-state index in [-0.39, 0.29) is 11.5 Å². The molecule has 0 unspecified atom stereocenters. The molecular weight excluding hydrogens is 458 g/mol. The Balaban J connectivity index is 1.62. The molecule has 3 aromatic carbocycles. The molecule has 8 nitrogen and oxygen atoms in total. The van der Waals surface area contributed by atoms with Crippen LogP contribution in [0.15, 0.2) is 65.8 Å². The van der Waals surface area contributed by atoms with Gasteiger partial charge < -0.3 is 14.8 Å². The van der Waals surface area contributed by atoms with E-state index < -0.39 is 17.8 Å². The molecule has 2 amide bonds. The number of halogens is 1. The van der Waals surface area contributed by atoms with Crippen molar-refractivity contribution in [2.75, 3.05) is 12.4 Å². The van der Waals surface area contributed by atoms with Crippen LogP contribution in [0.5, 0.6) is 11.5 Å². The Labute approximate surface area is 201 Å². The zero-order valence-electron chi connectivity index (χ0n) is 18.7. The fourth-order valence-corrected chi connectivity index (χ4v) is 3.08. The van der Waals surface area contributed by atoms with E-state index in [0.717, 1.165) is 11.1 Å². The van der Waals surface area contributed by atoms with Gasteiger partial charge in [0.05, 0.1) is 18.9 Å². The van der Waals surface area contributed by atoms with Gasteiger partial charge in [-0.05, 0) is 73.0 Å².